The molecule has 0 saturated carbocycles. The average Bonchev–Trinajstić information content (AvgIpc) is 1.97. The zero-order valence-electron chi connectivity index (χ0n) is 7.34. The van der Waals surface area contributed by atoms with Gasteiger partial charge in [0.2, 0.25) is 0 Å². The van der Waals surface area contributed by atoms with Gasteiger partial charge in [-0.25, -0.2) is 5.09 Å². The predicted octanol–water partition coefficient (Wildman–Crippen LogP) is 1.97. The zero-order chi connectivity index (χ0) is 8.74. The van der Waals surface area contributed by atoms with E-state index in [9.17, 15) is 9.46 Å². The molecule has 0 rings (SSSR count). The monoisotopic (exact) mass is 179 g/mol. The first kappa shape index (κ1) is 11.2. The standard InChI is InChI=1S/C7H18NO2P/c1-3-5-7-11(9,10)8-6-4-2/h3-7H2,1-2H3,(H2,8,9,10). The summed E-state index contributed by atoms with van der Waals surface area (Å²) >= 11 is 0. The molecular formula is C7H18NO2P. The van der Waals surface area contributed by atoms with E-state index in [4.69, 9.17) is 0 Å². The summed E-state index contributed by atoms with van der Waals surface area (Å²) in [5.41, 5.74) is 0. The highest BCUT2D eigenvalue weighted by molar-refractivity contribution is 7.55. The Morgan fingerprint density at radius 1 is 1.36 bits per heavy atom. The van der Waals surface area contributed by atoms with Crippen LogP contribution in [0.25, 0.3) is 0 Å². The van der Waals surface area contributed by atoms with Crippen molar-refractivity contribution in [2.24, 2.45) is 0 Å². The van der Waals surface area contributed by atoms with Crippen LogP contribution < -0.4 is 5.09 Å². The molecule has 0 spiro atoms. The van der Waals surface area contributed by atoms with Crippen LogP contribution in [0.1, 0.15) is 33.1 Å². The maximum Gasteiger partial charge on any atom is 0.267 e. The van der Waals surface area contributed by atoms with Gasteiger partial charge in [-0.2, -0.15) is 0 Å². The second-order valence-corrected chi connectivity index (χ2v) is 4.85. The minimum Gasteiger partial charge on any atom is -0.333 e. The SMILES string of the molecule is CCCCP(=O)(O)NCCC. The Morgan fingerprint density at radius 2 is 2.00 bits per heavy atom. The third kappa shape index (κ3) is 6.54. The molecule has 0 aliphatic heterocycles. The summed E-state index contributed by atoms with van der Waals surface area (Å²) in [4.78, 5) is 9.22. The van der Waals surface area contributed by atoms with Crippen LogP contribution in [0.5, 0.6) is 0 Å². The molecule has 0 radical (unpaired) electrons. The first-order chi connectivity index (χ1) is 5.12. The molecule has 1 atom stereocenters. The zero-order valence-corrected chi connectivity index (χ0v) is 8.23. The highest BCUT2D eigenvalue weighted by Gasteiger charge is 2.14. The van der Waals surface area contributed by atoms with Crippen molar-refractivity contribution in [2.45, 2.75) is 33.1 Å². The quantitative estimate of drug-likeness (QED) is 0.613. The van der Waals surface area contributed by atoms with E-state index in [2.05, 4.69) is 5.09 Å². The van der Waals surface area contributed by atoms with Crippen molar-refractivity contribution in [3.63, 3.8) is 0 Å². The van der Waals surface area contributed by atoms with Gasteiger partial charge in [-0.15, -0.1) is 0 Å². The molecule has 0 bridgehead atoms. The number of nitrogens with one attached hydrogen (secondary N) is 1. The molecule has 4 heteroatoms. The van der Waals surface area contributed by atoms with Crippen LogP contribution in [0.2, 0.25) is 0 Å². The van der Waals surface area contributed by atoms with Crippen molar-refractivity contribution in [3.05, 3.63) is 0 Å². The summed E-state index contributed by atoms with van der Waals surface area (Å²) in [7, 11) is -2.98. The largest absolute Gasteiger partial charge is 0.333 e. The van der Waals surface area contributed by atoms with Crippen molar-refractivity contribution >= 4 is 7.52 Å². The molecule has 0 heterocycles. The number of hydrogen-bond acceptors (Lipinski definition) is 1. The normalized spacial score (nSPS) is 16.3. The third-order valence-electron chi connectivity index (χ3n) is 1.42. The molecule has 0 aromatic heterocycles. The lowest BCUT2D eigenvalue weighted by Gasteiger charge is -2.11. The number of unbranched alkanes of at least 4 members (excludes halogenated alkanes) is 1. The molecule has 0 saturated heterocycles. The highest BCUT2D eigenvalue weighted by Crippen LogP contribution is 2.35. The fraction of sp³-hybridized carbons (Fsp3) is 1.00. The van der Waals surface area contributed by atoms with E-state index in [1.807, 2.05) is 13.8 Å². The minimum atomic E-state index is -2.98. The Hall–Kier alpha value is 0.150. The summed E-state index contributed by atoms with van der Waals surface area (Å²) in [5.74, 6) is 0. The molecule has 3 nitrogen and oxygen atoms in total. The van der Waals surface area contributed by atoms with Gasteiger partial charge in [-0.05, 0) is 12.8 Å². The van der Waals surface area contributed by atoms with Gasteiger partial charge >= 0.3 is 0 Å². The van der Waals surface area contributed by atoms with Gasteiger partial charge in [0, 0.05) is 12.7 Å². The summed E-state index contributed by atoms with van der Waals surface area (Å²) in [6.45, 7) is 4.63. The van der Waals surface area contributed by atoms with Crippen LogP contribution in [0.3, 0.4) is 0 Å². The van der Waals surface area contributed by atoms with Gasteiger partial charge in [0.15, 0.2) is 0 Å². The van der Waals surface area contributed by atoms with Gasteiger partial charge in [0.05, 0.1) is 0 Å². The van der Waals surface area contributed by atoms with Crippen molar-refractivity contribution < 1.29 is 9.46 Å². The lowest BCUT2D eigenvalue weighted by molar-refractivity contribution is 0.460. The minimum absolute atomic E-state index is 0.406. The molecule has 2 N–H and O–H groups in total. The Kier molecular flexibility index (Phi) is 5.83. The molecular weight excluding hydrogens is 161 g/mol. The molecule has 0 aromatic carbocycles. The van der Waals surface area contributed by atoms with E-state index in [0.29, 0.717) is 12.7 Å². The fourth-order valence-electron chi connectivity index (χ4n) is 0.738. The number of hydrogen-bond donors (Lipinski definition) is 2. The topological polar surface area (TPSA) is 49.3 Å². The maximum atomic E-state index is 11.2. The summed E-state index contributed by atoms with van der Waals surface area (Å²) < 4.78 is 11.2. The first-order valence-electron chi connectivity index (χ1n) is 4.19. The van der Waals surface area contributed by atoms with Crippen molar-refractivity contribution in [3.8, 4) is 0 Å². The third-order valence-corrected chi connectivity index (χ3v) is 3.06. The Bertz CT molecular complexity index is 126. The van der Waals surface area contributed by atoms with E-state index in [1.165, 1.54) is 0 Å². The van der Waals surface area contributed by atoms with Crippen LogP contribution in [-0.2, 0) is 4.57 Å². The Labute approximate surface area is 68.7 Å². The average molecular weight is 179 g/mol. The van der Waals surface area contributed by atoms with Gasteiger partial charge in [0.25, 0.3) is 7.52 Å². The summed E-state index contributed by atoms with van der Waals surface area (Å²) in [6, 6.07) is 0. The van der Waals surface area contributed by atoms with Crippen LogP contribution in [0, 0.1) is 0 Å². The van der Waals surface area contributed by atoms with E-state index in [1.54, 1.807) is 0 Å². The smallest absolute Gasteiger partial charge is 0.267 e. The predicted molar refractivity (Wildman–Crippen MR) is 47.9 cm³/mol. The van der Waals surface area contributed by atoms with Crippen molar-refractivity contribution in [2.75, 3.05) is 12.7 Å². The molecule has 0 aliphatic rings. The lowest BCUT2D eigenvalue weighted by Crippen LogP contribution is -2.13. The van der Waals surface area contributed by atoms with Gasteiger partial charge in [-0.3, -0.25) is 4.57 Å². The molecule has 68 valence electrons. The lowest BCUT2D eigenvalue weighted by atomic mass is 10.4. The van der Waals surface area contributed by atoms with Gasteiger partial charge < -0.3 is 4.89 Å². The fourth-order valence-corrected chi connectivity index (χ4v) is 2.21. The van der Waals surface area contributed by atoms with Gasteiger partial charge in [-0.1, -0.05) is 20.3 Å². The highest BCUT2D eigenvalue weighted by atomic mass is 31.2. The summed E-state index contributed by atoms with van der Waals surface area (Å²) in [5, 5.41) is 2.65. The molecule has 1 unspecified atom stereocenters. The Morgan fingerprint density at radius 3 is 2.45 bits per heavy atom. The van der Waals surface area contributed by atoms with Crippen molar-refractivity contribution in [1.82, 2.24) is 5.09 Å². The van der Waals surface area contributed by atoms with E-state index in [-0.39, 0.29) is 0 Å². The molecule has 0 fully saturated rings. The summed E-state index contributed by atoms with van der Waals surface area (Å²) in [6.07, 6.45) is 3.10. The molecule has 0 aromatic rings. The molecule has 0 aliphatic carbocycles. The Balaban J connectivity index is 3.53. The molecule has 0 amide bonds. The van der Waals surface area contributed by atoms with Crippen LogP contribution in [0.4, 0.5) is 0 Å². The van der Waals surface area contributed by atoms with Crippen LogP contribution in [0.15, 0.2) is 0 Å². The van der Waals surface area contributed by atoms with E-state index >= 15 is 0 Å². The number of rotatable bonds is 6. The second-order valence-electron chi connectivity index (χ2n) is 2.69. The second kappa shape index (κ2) is 5.76. The van der Waals surface area contributed by atoms with Crippen LogP contribution in [-0.4, -0.2) is 17.6 Å². The van der Waals surface area contributed by atoms with Crippen molar-refractivity contribution in [1.29, 1.82) is 0 Å². The maximum absolute atomic E-state index is 11.2. The molecule has 11 heavy (non-hydrogen) atoms. The van der Waals surface area contributed by atoms with E-state index in [0.717, 1.165) is 19.3 Å². The van der Waals surface area contributed by atoms with Gasteiger partial charge in [0.1, 0.15) is 0 Å². The van der Waals surface area contributed by atoms with Crippen LogP contribution >= 0.6 is 7.52 Å². The first-order valence-corrected chi connectivity index (χ1v) is 6.03. The van der Waals surface area contributed by atoms with E-state index < -0.39 is 7.52 Å².